The van der Waals surface area contributed by atoms with Crippen LogP contribution in [0.5, 0.6) is 0 Å². The molecule has 4 N–H and O–H groups in total. The zero-order chi connectivity index (χ0) is 40.6. The van der Waals surface area contributed by atoms with E-state index in [2.05, 4.69) is 70.7 Å². The highest BCUT2D eigenvalue weighted by atomic mass is 16.5. The standard InChI is InChI=1S/C27H52N4O5.C10H15NO2.C3H8/c1-11-19(6)25(30(8)23(33)16-29-27(34)24(28-7)17(2)3)21(35-9)15-22(32)31-14-12-13-20(31)26(36-10)18(4)5;1-4-6-9(5-2)10(13)8(3)11-7-12;1-3-2/h17-21,24-26,28H,11-16H2,1-10H3,(H,29,34);4-8,10,13H,1-2H2,3H3,(H,11,12);3H2,1-2H3/b;9-6+;. The van der Waals surface area contributed by atoms with Crippen LogP contribution in [-0.4, -0.2) is 123 Å². The molecule has 12 heteroatoms. The number of likely N-dealkylation sites (tertiary alicyclic amines) is 1. The predicted molar refractivity (Wildman–Crippen MR) is 212 cm³/mol. The zero-order valence-electron chi connectivity index (χ0n) is 34.7. The van der Waals surface area contributed by atoms with Gasteiger partial charge in [-0.2, -0.15) is 0 Å². The number of carbonyl (C=O) groups excluding carboxylic acids is 4. The van der Waals surface area contributed by atoms with Gasteiger partial charge in [-0.05, 0) is 50.1 Å². The largest absolute Gasteiger partial charge is 0.386 e. The smallest absolute Gasteiger partial charge is 0.242 e. The third-order valence-electron chi connectivity index (χ3n) is 9.42. The first-order chi connectivity index (χ1) is 24.5. The Balaban J connectivity index is 0. The molecule has 0 aromatic rings. The van der Waals surface area contributed by atoms with Crippen LogP contribution >= 0.6 is 0 Å². The Labute approximate surface area is 316 Å². The van der Waals surface area contributed by atoms with Crippen molar-refractivity contribution in [2.45, 2.75) is 137 Å². The van der Waals surface area contributed by atoms with Gasteiger partial charge in [-0.3, -0.25) is 19.2 Å². The Morgan fingerprint density at radius 3 is 2.04 bits per heavy atom. The average Bonchev–Trinajstić information content (AvgIpc) is 3.59. The number of aliphatic hydroxyl groups is 1. The third kappa shape index (κ3) is 17.2. The van der Waals surface area contributed by atoms with E-state index in [-0.39, 0.29) is 72.8 Å². The summed E-state index contributed by atoms with van der Waals surface area (Å²) in [6.07, 6.45) is 8.24. The van der Waals surface area contributed by atoms with Crippen molar-refractivity contribution < 1.29 is 33.8 Å². The summed E-state index contributed by atoms with van der Waals surface area (Å²) in [7, 11) is 6.78. The maximum Gasteiger partial charge on any atom is 0.242 e. The minimum absolute atomic E-state index is 0.0112. The molecule has 0 aromatic carbocycles. The number of hydrogen-bond donors (Lipinski definition) is 4. The van der Waals surface area contributed by atoms with E-state index in [1.165, 1.54) is 12.5 Å². The molecule has 0 aliphatic carbocycles. The number of nitrogens with one attached hydrogen (secondary N) is 3. The van der Waals surface area contributed by atoms with Crippen molar-refractivity contribution in [1.29, 1.82) is 0 Å². The molecule has 0 aromatic heterocycles. The SMILES string of the molecule is C=C/C=C(\C=C)C(O)C(C)NC=O.CCC.CCC(C)C(C(CC(=O)N1CCCC1C(OC)C(C)C)OC)N(C)C(=O)CNC(=O)C(NC)C(C)C. The average molecular weight is 738 g/mol. The second-order valence-electron chi connectivity index (χ2n) is 14.2. The van der Waals surface area contributed by atoms with E-state index in [1.807, 2.05) is 18.7 Å². The second kappa shape index (κ2) is 28.4. The van der Waals surface area contributed by atoms with Crippen LogP contribution in [0.1, 0.15) is 94.4 Å². The van der Waals surface area contributed by atoms with Crippen molar-refractivity contribution in [3.05, 3.63) is 37.0 Å². The summed E-state index contributed by atoms with van der Waals surface area (Å²) in [5.74, 6) is 0.123. The lowest BCUT2D eigenvalue weighted by atomic mass is 9.90. The molecule has 1 rings (SSSR count). The number of amides is 4. The maximum absolute atomic E-state index is 13.5. The lowest BCUT2D eigenvalue weighted by Gasteiger charge is -2.39. The number of likely N-dealkylation sites (N-methyl/N-ethyl adjacent to an activating group) is 2. The van der Waals surface area contributed by atoms with E-state index in [0.717, 1.165) is 19.3 Å². The van der Waals surface area contributed by atoms with Crippen molar-refractivity contribution in [2.75, 3.05) is 41.4 Å². The molecule has 1 aliphatic heterocycles. The van der Waals surface area contributed by atoms with E-state index < -0.39 is 12.2 Å². The van der Waals surface area contributed by atoms with Crippen LogP contribution in [0.2, 0.25) is 0 Å². The van der Waals surface area contributed by atoms with E-state index in [1.54, 1.807) is 52.3 Å². The minimum atomic E-state index is -0.749. The Kier molecular flexibility index (Phi) is 27.9. The fourth-order valence-corrected chi connectivity index (χ4v) is 6.43. The molecule has 8 unspecified atom stereocenters. The maximum atomic E-state index is 13.5. The van der Waals surface area contributed by atoms with Gasteiger partial charge in [0.05, 0.1) is 55.4 Å². The van der Waals surface area contributed by atoms with Gasteiger partial charge in [0.25, 0.3) is 0 Å². The van der Waals surface area contributed by atoms with Gasteiger partial charge in [0.2, 0.25) is 24.1 Å². The molecule has 1 fully saturated rings. The van der Waals surface area contributed by atoms with E-state index >= 15 is 0 Å². The van der Waals surface area contributed by atoms with Crippen molar-refractivity contribution in [2.24, 2.45) is 17.8 Å². The monoisotopic (exact) mass is 738 g/mol. The fraction of sp³-hybridized carbons (Fsp3) is 0.750. The molecule has 1 heterocycles. The van der Waals surface area contributed by atoms with Gasteiger partial charge in [0.15, 0.2) is 0 Å². The van der Waals surface area contributed by atoms with Crippen LogP contribution in [0.4, 0.5) is 0 Å². The summed E-state index contributed by atoms with van der Waals surface area (Å²) < 4.78 is 11.6. The van der Waals surface area contributed by atoms with Gasteiger partial charge in [0, 0.05) is 27.8 Å². The number of nitrogens with zero attached hydrogens (tertiary/aromatic N) is 2. The molecule has 0 spiro atoms. The Morgan fingerprint density at radius 2 is 1.62 bits per heavy atom. The van der Waals surface area contributed by atoms with E-state index in [0.29, 0.717) is 24.4 Å². The lowest BCUT2D eigenvalue weighted by Crippen LogP contribution is -2.54. The fourth-order valence-electron chi connectivity index (χ4n) is 6.43. The molecular weight excluding hydrogens is 662 g/mol. The molecule has 4 amide bonds. The first kappa shape index (κ1) is 51.0. The molecule has 0 radical (unpaired) electrons. The Morgan fingerprint density at radius 1 is 1.02 bits per heavy atom. The Bertz CT molecular complexity index is 1080. The van der Waals surface area contributed by atoms with Crippen LogP contribution < -0.4 is 16.0 Å². The molecular formula is C40H75N5O7. The number of carbonyl (C=O) groups is 4. The van der Waals surface area contributed by atoms with Crippen molar-refractivity contribution in [3.8, 4) is 0 Å². The zero-order valence-corrected chi connectivity index (χ0v) is 34.7. The van der Waals surface area contributed by atoms with Crippen molar-refractivity contribution in [3.63, 3.8) is 0 Å². The van der Waals surface area contributed by atoms with Gasteiger partial charge in [0.1, 0.15) is 0 Å². The molecule has 52 heavy (non-hydrogen) atoms. The molecule has 1 saturated heterocycles. The second-order valence-corrected chi connectivity index (χ2v) is 14.2. The summed E-state index contributed by atoms with van der Waals surface area (Å²) >= 11 is 0. The predicted octanol–water partition coefficient (Wildman–Crippen LogP) is 4.48. The number of ether oxygens (including phenoxy) is 2. The third-order valence-corrected chi connectivity index (χ3v) is 9.42. The highest BCUT2D eigenvalue weighted by molar-refractivity contribution is 5.87. The Hall–Kier alpha value is -3.06. The van der Waals surface area contributed by atoms with Gasteiger partial charge in [-0.15, -0.1) is 0 Å². The highest BCUT2D eigenvalue weighted by Crippen LogP contribution is 2.28. The molecule has 0 saturated carbocycles. The number of rotatable bonds is 21. The van der Waals surface area contributed by atoms with Gasteiger partial charge < -0.3 is 40.3 Å². The first-order valence-corrected chi connectivity index (χ1v) is 18.9. The van der Waals surface area contributed by atoms with Gasteiger partial charge >= 0.3 is 0 Å². The molecule has 0 bridgehead atoms. The van der Waals surface area contributed by atoms with Gasteiger partial charge in [-0.1, -0.05) is 99.6 Å². The topological polar surface area (TPSA) is 150 Å². The summed E-state index contributed by atoms with van der Waals surface area (Å²) in [6, 6.07) is -0.949. The van der Waals surface area contributed by atoms with E-state index in [4.69, 9.17) is 9.47 Å². The number of methoxy groups -OCH3 is 2. The number of allylic oxidation sites excluding steroid dienone is 2. The lowest BCUT2D eigenvalue weighted by molar-refractivity contribution is -0.144. The van der Waals surface area contributed by atoms with Crippen LogP contribution in [0.25, 0.3) is 0 Å². The van der Waals surface area contributed by atoms with Crippen LogP contribution in [0, 0.1) is 17.8 Å². The van der Waals surface area contributed by atoms with Crippen molar-refractivity contribution >= 4 is 24.1 Å². The van der Waals surface area contributed by atoms with Crippen LogP contribution in [-0.2, 0) is 28.7 Å². The summed E-state index contributed by atoms with van der Waals surface area (Å²) in [6.45, 7) is 25.9. The molecule has 12 nitrogen and oxygen atoms in total. The highest BCUT2D eigenvalue weighted by Gasteiger charge is 2.40. The first-order valence-electron chi connectivity index (χ1n) is 18.9. The van der Waals surface area contributed by atoms with Crippen LogP contribution in [0.3, 0.4) is 0 Å². The van der Waals surface area contributed by atoms with Gasteiger partial charge in [-0.25, -0.2) is 0 Å². The summed E-state index contributed by atoms with van der Waals surface area (Å²) in [5, 5.41) is 17.9. The summed E-state index contributed by atoms with van der Waals surface area (Å²) in [4.78, 5) is 52.8. The number of hydrogen-bond acceptors (Lipinski definition) is 8. The van der Waals surface area contributed by atoms with Crippen LogP contribution in [0.15, 0.2) is 37.0 Å². The normalized spacial score (nSPS) is 18.3. The molecule has 1 aliphatic rings. The molecule has 302 valence electrons. The number of aliphatic hydroxyl groups excluding tert-OH is 1. The summed E-state index contributed by atoms with van der Waals surface area (Å²) in [5.41, 5.74) is 0.636. The minimum Gasteiger partial charge on any atom is -0.386 e. The molecule has 8 atom stereocenters. The van der Waals surface area contributed by atoms with E-state index in [9.17, 15) is 24.3 Å². The van der Waals surface area contributed by atoms with Crippen molar-refractivity contribution in [1.82, 2.24) is 25.8 Å². The quantitative estimate of drug-likeness (QED) is 0.0996.